The van der Waals surface area contributed by atoms with E-state index in [1.165, 1.54) is 18.2 Å². The van der Waals surface area contributed by atoms with Crippen LogP contribution in [0.5, 0.6) is 0 Å². The van der Waals surface area contributed by atoms with Gasteiger partial charge in [0.1, 0.15) is 0 Å². The lowest BCUT2D eigenvalue weighted by Crippen LogP contribution is -2.30. The zero-order valence-electron chi connectivity index (χ0n) is 17.1. The van der Waals surface area contributed by atoms with E-state index < -0.39 is 27.8 Å². The van der Waals surface area contributed by atoms with E-state index in [-0.39, 0.29) is 22.0 Å². The molecule has 1 heterocycles. The molecule has 160 valence electrons. The molecule has 0 aliphatic carbocycles. The minimum Gasteiger partial charge on any atom is -0.372 e. The van der Waals surface area contributed by atoms with Crippen LogP contribution in [0.1, 0.15) is 31.1 Å². The number of anilines is 3. The van der Waals surface area contributed by atoms with E-state index in [4.69, 9.17) is 11.6 Å². The number of hydrogen-bond donors (Lipinski definition) is 1. The van der Waals surface area contributed by atoms with Gasteiger partial charge in [0.2, 0.25) is 15.9 Å². The number of nitrogens with zero attached hydrogens (tertiary/aromatic N) is 2. The number of carbonyl (C=O) groups excluding carboxylic acids is 2. The van der Waals surface area contributed by atoms with Crippen LogP contribution in [0.4, 0.5) is 17.1 Å². The molecule has 9 heteroatoms. The van der Waals surface area contributed by atoms with Crippen LogP contribution in [0.3, 0.4) is 0 Å². The molecule has 0 unspecified atom stereocenters. The van der Waals surface area contributed by atoms with E-state index >= 15 is 0 Å². The van der Waals surface area contributed by atoms with Crippen molar-refractivity contribution in [3.63, 3.8) is 0 Å². The lowest BCUT2D eigenvalue weighted by Gasteiger charge is -2.21. The van der Waals surface area contributed by atoms with Crippen LogP contribution in [0.25, 0.3) is 0 Å². The molecule has 0 spiro atoms. The predicted molar refractivity (Wildman–Crippen MR) is 120 cm³/mol. The summed E-state index contributed by atoms with van der Waals surface area (Å²) in [5.74, 6) is -1.78. The van der Waals surface area contributed by atoms with Gasteiger partial charge >= 0.3 is 0 Å². The molecule has 30 heavy (non-hydrogen) atoms. The van der Waals surface area contributed by atoms with Gasteiger partial charge in [-0.2, -0.15) is 0 Å². The van der Waals surface area contributed by atoms with Gasteiger partial charge in [-0.15, -0.1) is 0 Å². The van der Waals surface area contributed by atoms with Crippen LogP contribution in [0.15, 0.2) is 42.5 Å². The Morgan fingerprint density at radius 2 is 1.80 bits per heavy atom. The van der Waals surface area contributed by atoms with Crippen molar-refractivity contribution < 1.29 is 18.0 Å². The summed E-state index contributed by atoms with van der Waals surface area (Å²) < 4.78 is 25.3. The third kappa shape index (κ3) is 4.29. The Morgan fingerprint density at radius 3 is 2.30 bits per heavy atom. The lowest BCUT2D eigenvalue weighted by molar-refractivity contribution is -0.119. The summed E-state index contributed by atoms with van der Waals surface area (Å²) in [4.78, 5) is 27.1. The summed E-state index contributed by atoms with van der Waals surface area (Å²) in [5, 5.41) is 2.84. The van der Waals surface area contributed by atoms with Crippen molar-refractivity contribution in [3.05, 3.63) is 53.1 Å². The second-order valence-electron chi connectivity index (χ2n) is 7.12. The van der Waals surface area contributed by atoms with Gasteiger partial charge in [0.15, 0.2) is 0 Å². The summed E-state index contributed by atoms with van der Waals surface area (Å²) in [5.41, 5.74) is 1.99. The Kier molecular flexibility index (Phi) is 6.38. The van der Waals surface area contributed by atoms with Crippen molar-refractivity contribution in [2.45, 2.75) is 20.8 Å². The number of halogens is 1. The predicted octanol–water partition coefficient (Wildman–Crippen LogP) is 3.75. The molecule has 1 N–H and O–H groups in total. The number of nitrogens with one attached hydrogen (secondary N) is 1. The van der Waals surface area contributed by atoms with Crippen molar-refractivity contribution in [1.29, 1.82) is 0 Å². The molecule has 0 aromatic heterocycles. The second kappa shape index (κ2) is 8.65. The quantitative estimate of drug-likeness (QED) is 0.725. The maximum Gasteiger partial charge on any atom is 0.257 e. The number of benzene rings is 2. The fraction of sp³-hybridized carbons (Fsp3) is 0.333. The SMILES string of the molecule is CCN(CC)c1ccc(NC(=O)c2ccc(N3C(=O)[C@@H](C)CS3(=O)=O)cc2Cl)cc1. The zero-order valence-corrected chi connectivity index (χ0v) is 18.6. The average Bonchev–Trinajstić information content (AvgIpc) is 2.90. The van der Waals surface area contributed by atoms with Gasteiger partial charge in [0.05, 0.1) is 27.9 Å². The first-order chi connectivity index (χ1) is 14.2. The molecule has 3 rings (SSSR count). The van der Waals surface area contributed by atoms with Crippen LogP contribution in [0, 0.1) is 5.92 Å². The van der Waals surface area contributed by atoms with Crippen LogP contribution < -0.4 is 14.5 Å². The number of rotatable bonds is 6. The Morgan fingerprint density at radius 1 is 1.17 bits per heavy atom. The molecular formula is C21H24ClN3O4S. The molecule has 0 saturated carbocycles. The van der Waals surface area contributed by atoms with Gasteiger partial charge in [-0.1, -0.05) is 18.5 Å². The summed E-state index contributed by atoms with van der Waals surface area (Å²) in [6.07, 6.45) is 0. The molecule has 1 saturated heterocycles. The smallest absolute Gasteiger partial charge is 0.257 e. The summed E-state index contributed by atoms with van der Waals surface area (Å²) in [6, 6.07) is 11.6. The average molecular weight is 450 g/mol. The molecule has 2 aromatic carbocycles. The molecule has 2 amide bonds. The van der Waals surface area contributed by atoms with Crippen LogP contribution >= 0.6 is 11.6 Å². The third-order valence-electron chi connectivity index (χ3n) is 5.05. The van der Waals surface area contributed by atoms with E-state index in [1.54, 1.807) is 6.92 Å². The van der Waals surface area contributed by atoms with Crippen molar-refractivity contribution in [2.75, 3.05) is 33.4 Å². The molecule has 1 aliphatic heterocycles. The topological polar surface area (TPSA) is 86.8 Å². The molecular weight excluding hydrogens is 426 g/mol. The van der Waals surface area contributed by atoms with Gasteiger partial charge in [-0.3, -0.25) is 9.59 Å². The third-order valence-corrected chi connectivity index (χ3v) is 7.23. The number of carbonyl (C=O) groups is 2. The van der Waals surface area contributed by atoms with Gasteiger partial charge in [0, 0.05) is 24.5 Å². The minimum atomic E-state index is -3.73. The normalized spacial score (nSPS) is 17.8. The standard InChI is InChI=1S/C21H24ClN3O4S/c1-4-24(5-2)16-8-6-15(7-9-16)23-20(26)18-11-10-17(12-19(18)22)25-21(27)14(3)13-30(25,28)29/h6-12,14H,4-5,13H2,1-3H3,(H,23,26)/t14-/m0/s1. The highest BCUT2D eigenvalue weighted by Crippen LogP contribution is 2.31. The van der Waals surface area contributed by atoms with Gasteiger partial charge in [0.25, 0.3) is 5.91 Å². The number of sulfonamides is 1. The Bertz CT molecular complexity index is 1070. The van der Waals surface area contributed by atoms with Gasteiger partial charge in [-0.05, 0) is 56.3 Å². The molecule has 2 aromatic rings. The van der Waals surface area contributed by atoms with Crippen molar-refractivity contribution in [1.82, 2.24) is 0 Å². The fourth-order valence-corrected chi connectivity index (χ4v) is 5.52. The Labute approximate surface area is 181 Å². The van der Waals surface area contributed by atoms with E-state index in [1.807, 2.05) is 24.3 Å². The lowest BCUT2D eigenvalue weighted by atomic mass is 10.1. The van der Waals surface area contributed by atoms with Crippen molar-refractivity contribution in [3.8, 4) is 0 Å². The van der Waals surface area contributed by atoms with E-state index in [0.717, 1.165) is 23.1 Å². The molecule has 7 nitrogen and oxygen atoms in total. The van der Waals surface area contributed by atoms with Crippen LogP contribution in [-0.2, 0) is 14.8 Å². The van der Waals surface area contributed by atoms with Crippen molar-refractivity contribution >= 4 is 50.5 Å². The maximum absolute atomic E-state index is 12.6. The Hall–Kier alpha value is -2.58. The van der Waals surface area contributed by atoms with Gasteiger partial charge in [-0.25, -0.2) is 12.7 Å². The molecule has 1 atom stereocenters. The number of hydrogen-bond acceptors (Lipinski definition) is 5. The molecule has 0 radical (unpaired) electrons. The van der Waals surface area contributed by atoms with Crippen molar-refractivity contribution in [2.24, 2.45) is 5.92 Å². The highest BCUT2D eigenvalue weighted by molar-refractivity contribution is 7.94. The van der Waals surface area contributed by atoms with Crippen LogP contribution in [0.2, 0.25) is 5.02 Å². The second-order valence-corrected chi connectivity index (χ2v) is 9.39. The minimum absolute atomic E-state index is 0.0623. The summed E-state index contributed by atoms with van der Waals surface area (Å²) in [7, 11) is -3.73. The first kappa shape index (κ1) is 22.1. The molecule has 1 fully saturated rings. The summed E-state index contributed by atoms with van der Waals surface area (Å²) in [6.45, 7) is 7.49. The van der Waals surface area contributed by atoms with E-state index in [9.17, 15) is 18.0 Å². The highest BCUT2D eigenvalue weighted by atomic mass is 35.5. The first-order valence-electron chi connectivity index (χ1n) is 9.70. The highest BCUT2D eigenvalue weighted by Gasteiger charge is 2.42. The molecule has 0 bridgehead atoms. The fourth-order valence-electron chi connectivity index (χ4n) is 3.44. The monoisotopic (exact) mass is 449 g/mol. The first-order valence-corrected chi connectivity index (χ1v) is 11.7. The number of amides is 2. The van der Waals surface area contributed by atoms with E-state index in [0.29, 0.717) is 5.69 Å². The largest absolute Gasteiger partial charge is 0.372 e. The zero-order chi connectivity index (χ0) is 22.1. The maximum atomic E-state index is 12.6. The van der Waals surface area contributed by atoms with Crippen LogP contribution in [-0.4, -0.2) is 39.1 Å². The van der Waals surface area contributed by atoms with Gasteiger partial charge < -0.3 is 10.2 Å². The summed E-state index contributed by atoms with van der Waals surface area (Å²) >= 11 is 6.25. The molecule has 1 aliphatic rings. The van der Waals surface area contributed by atoms with E-state index in [2.05, 4.69) is 24.1 Å². The Balaban J connectivity index is 1.79.